The Kier molecular flexibility index (Phi) is 3.48. The van der Waals surface area contributed by atoms with Crippen LogP contribution >= 0.6 is 0 Å². The molecule has 0 bridgehead atoms. The van der Waals surface area contributed by atoms with Gasteiger partial charge in [0.1, 0.15) is 5.54 Å². The van der Waals surface area contributed by atoms with Gasteiger partial charge in [0.25, 0.3) is 0 Å². The first-order chi connectivity index (χ1) is 9.50. The van der Waals surface area contributed by atoms with Gasteiger partial charge in [-0.1, -0.05) is 0 Å². The number of hydrogen-bond donors (Lipinski definition) is 1. The maximum atomic E-state index is 13.0. The van der Waals surface area contributed by atoms with Crippen molar-refractivity contribution < 1.29 is 14.3 Å². The summed E-state index contributed by atoms with van der Waals surface area (Å²) in [6.07, 6.45) is 4.45. The van der Waals surface area contributed by atoms with Crippen LogP contribution in [0.15, 0.2) is 0 Å². The second kappa shape index (κ2) is 5.02. The summed E-state index contributed by atoms with van der Waals surface area (Å²) in [5, 5.41) is 2.99. The van der Waals surface area contributed by atoms with Gasteiger partial charge in [0.15, 0.2) is 0 Å². The van der Waals surface area contributed by atoms with Crippen LogP contribution in [-0.4, -0.2) is 47.6 Å². The summed E-state index contributed by atoms with van der Waals surface area (Å²) >= 11 is 0. The summed E-state index contributed by atoms with van der Waals surface area (Å²) in [5.74, 6) is 0.442. The van der Waals surface area contributed by atoms with Crippen molar-refractivity contribution in [2.75, 3.05) is 13.2 Å². The molecule has 0 aromatic carbocycles. The highest BCUT2D eigenvalue weighted by molar-refractivity contribution is 5.94. The van der Waals surface area contributed by atoms with E-state index in [1.807, 2.05) is 11.8 Å². The third-order valence-corrected chi connectivity index (χ3v) is 4.98. The van der Waals surface area contributed by atoms with Crippen molar-refractivity contribution in [1.82, 2.24) is 10.2 Å². The van der Waals surface area contributed by atoms with Gasteiger partial charge >= 0.3 is 0 Å². The number of carbonyl (C=O) groups is 2. The van der Waals surface area contributed by atoms with Crippen LogP contribution in [0.5, 0.6) is 0 Å². The third kappa shape index (κ3) is 2.43. The van der Waals surface area contributed by atoms with E-state index in [2.05, 4.69) is 12.2 Å². The fraction of sp³-hybridized carbons (Fsp3) is 0.867. The highest BCUT2D eigenvalue weighted by atomic mass is 16.5. The molecule has 3 aliphatic rings. The number of rotatable bonds is 2. The molecule has 0 radical (unpaired) electrons. The van der Waals surface area contributed by atoms with Gasteiger partial charge in [-0.05, 0) is 45.4 Å². The molecule has 2 aliphatic heterocycles. The molecular formula is C15H24N2O3. The van der Waals surface area contributed by atoms with Crippen molar-refractivity contribution >= 4 is 11.8 Å². The van der Waals surface area contributed by atoms with Gasteiger partial charge in [-0.3, -0.25) is 9.59 Å². The Balaban J connectivity index is 1.82. The molecule has 2 heterocycles. The molecule has 3 unspecified atom stereocenters. The second-order valence-electron chi connectivity index (χ2n) is 6.63. The molecule has 2 saturated heterocycles. The van der Waals surface area contributed by atoms with Crippen LogP contribution in [0.2, 0.25) is 0 Å². The van der Waals surface area contributed by atoms with Crippen molar-refractivity contribution in [3.8, 4) is 0 Å². The lowest BCUT2D eigenvalue weighted by molar-refractivity contribution is -0.143. The maximum absolute atomic E-state index is 13.0. The number of nitrogens with zero attached hydrogens (tertiary/aromatic N) is 1. The van der Waals surface area contributed by atoms with Crippen LogP contribution in [0.4, 0.5) is 0 Å². The minimum absolute atomic E-state index is 0.00959. The number of hydrogen-bond acceptors (Lipinski definition) is 3. The molecule has 112 valence electrons. The van der Waals surface area contributed by atoms with Gasteiger partial charge in [0.05, 0.1) is 6.10 Å². The van der Waals surface area contributed by atoms with E-state index in [9.17, 15) is 9.59 Å². The van der Waals surface area contributed by atoms with E-state index in [0.717, 1.165) is 25.7 Å². The summed E-state index contributed by atoms with van der Waals surface area (Å²) in [5.41, 5.74) is -0.685. The molecule has 5 heteroatoms. The molecule has 0 spiro atoms. The lowest BCUT2D eigenvalue weighted by Crippen LogP contribution is -2.59. The first kappa shape index (κ1) is 13.9. The third-order valence-electron chi connectivity index (χ3n) is 4.98. The molecule has 1 saturated carbocycles. The topological polar surface area (TPSA) is 58.6 Å². The number of ether oxygens (including phenoxy) is 1. The summed E-state index contributed by atoms with van der Waals surface area (Å²) < 4.78 is 5.58. The Labute approximate surface area is 120 Å². The molecule has 1 aliphatic carbocycles. The monoisotopic (exact) mass is 280 g/mol. The van der Waals surface area contributed by atoms with Gasteiger partial charge in [0.2, 0.25) is 11.8 Å². The smallest absolute Gasteiger partial charge is 0.248 e. The Morgan fingerprint density at radius 2 is 2.05 bits per heavy atom. The molecule has 3 fully saturated rings. The fourth-order valence-corrected chi connectivity index (χ4v) is 3.57. The van der Waals surface area contributed by atoms with Gasteiger partial charge in [-0.25, -0.2) is 0 Å². The zero-order valence-corrected chi connectivity index (χ0v) is 12.4. The van der Waals surface area contributed by atoms with E-state index in [1.54, 1.807) is 0 Å². The summed E-state index contributed by atoms with van der Waals surface area (Å²) in [7, 11) is 0. The lowest BCUT2D eigenvalue weighted by atomic mass is 9.92. The van der Waals surface area contributed by atoms with Crippen molar-refractivity contribution in [1.29, 1.82) is 0 Å². The van der Waals surface area contributed by atoms with E-state index in [4.69, 9.17) is 4.74 Å². The maximum Gasteiger partial charge on any atom is 0.248 e. The van der Waals surface area contributed by atoms with Crippen LogP contribution in [0.3, 0.4) is 0 Å². The summed E-state index contributed by atoms with van der Waals surface area (Å²) in [6, 6.07) is 0.219. The molecule has 3 rings (SSSR count). The predicted octanol–water partition coefficient (Wildman–Crippen LogP) is 1.07. The Morgan fingerprint density at radius 3 is 2.70 bits per heavy atom. The molecule has 2 amide bonds. The standard InChI is InChI=1S/C15H24N2O3/c1-10-9-12(6-8-20-10)17-7-5-13(18)16-15(2,14(17)19)11-3-4-11/h10-12H,3-9H2,1-2H3,(H,16,18). The van der Waals surface area contributed by atoms with Crippen molar-refractivity contribution in [3.63, 3.8) is 0 Å². The van der Waals surface area contributed by atoms with Crippen LogP contribution in [0.1, 0.15) is 46.0 Å². The number of amides is 2. The van der Waals surface area contributed by atoms with E-state index < -0.39 is 5.54 Å². The molecule has 1 N–H and O–H groups in total. The fourth-order valence-electron chi connectivity index (χ4n) is 3.57. The highest BCUT2D eigenvalue weighted by Gasteiger charge is 2.52. The molecule has 0 aromatic rings. The Hall–Kier alpha value is -1.10. The zero-order chi connectivity index (χ0) is 14.3. The highest BCUT2D eigenvalue weighted by Crippen LogP contribution is 2.42. The van der Waals surface area contributed by atoms with Crippen LogP contribution in [0, 0.1) is 5.92 Å². The SMILES string of the molecule is CC1CC(N2CCC(=O)NC(C)(C3CC3)C2=O)CCO1. The van der Waals surface area contributed by atoms with E-state index in [1.165, 1.54) is 0 Å². The lowest BCUT2D eigenvalue weighted by Gasteiger charge is -2.40. The normalized spacial score (nSPS) is 39.4. The Morgan fingerprint density at radius 1 is 1.30 bits per heavy atom. The zero-order valence-electron chi connectivity index (χ0n) is 12.4. The minimum atomic E-state index is -0.685. The van der Waals surface area contributed by atoms with E-state index in [0.29, 0.717) is 25.5 Å². The minimum Gasteiger partial charge on any atom is -0.378 e. The molecule has 0 aromatic heterocycles. The first-order valence-corrected chi connectivity index (χ1v) is 7.74. The average Bonchev–Trinajstić information content (AvgIpc) is 3.22. The van der Waals surface area contributed by atoms with Crippen LogP contribution < -0.4 is 5.32 Å². The van der Waals surface area contributed by atoms with E-state index >= 15 is 0 Å². The van der Waals surface area contributed by atoms with Crippen LogP contribution in [0.25, 0.3) is 0 Å². The molecule has 5 nitrogen and oxygen atoms in total. The molecular weight excluding hydrogens is 256 g/mol. The van der Waals surface area contributed by atoms with Crippen molar-refractivity contribution in [2.45, 2.75) is 63.6 Å². The van der Waals surface area contributed by atoms with Crippen LogP contribution in [-0.2, 0) is 14.3 Å². The van der Waals surface area contributed by atoms with Gasteiger partial charge in [-0.15, -0.1) is 0 Å². The van der Waals surface area contributed by atoms with Crippen molar-refractivity contribution in [3.05, 3.63) is 0 Å². The summed E-state index contributed by atoms with van der Waals surface area (Å²) in [6.45, 7) is 5.21. The van der Waals surface area contributed by atoms with Crippen molar-refractivity contribution in [2.24, 2.45) is 5.92 Å². The van der Waals surface area contributed by atoms with E-state index in [-0.39, 0.29) is 24.0 Å². The summed E-state index contributed by atoms with van der Waals surface area (Å²) in [4.78, 5) is 26.9. The second-order valence-corrected chi connectivity index (χ2v) is 6.63. The van der Waals surface area contributed by atoms with Gasteiger partial charge < -0.3 is 15.0 Å². The molecule has 20 heavy (non-hydrogen) atoms. The average molecular weight is 280 g/mol. The van der Waals surface area contributed by atoms with Gasteiger partial charge in [0, 0.05) is 25.6 Å². The Bertz CT molecular complexity index is 421. The number of nitrogens with one attached hydrogen (secondary N) is 1. The predicted molar refractivity (Wildman–Crippen MR) is 74.0 cm³/mol. The quantitative estimate of drug-likeness (QED) is 0.823. The molecule has 3 atom stereocenters. The number of carbonyl (C=O) groups excluding carboxylic acids is 2. The largest absolute Gasteiger partial charge is 0.378 e. The first-order valence-electron chi connectivity index (χ1n) is 7.74. The van der Waals surface area contributed by atoms with Gasteiger partial charge in [-0.2, -0.15) is 0 Å².